The molecule has 5 rings (SSSR count). The number of hydrogen-bond acceptors (Lipinski definition) is 9. The van der Waals surface area contributed by atoms with Crippen molar-refractivity contribution in [3.8, 4) is 17.0 Å². The fourth-order valence-electron chi connectivity index (χ4n) is 4.39. The number of nitrogens with one attached hydrogen (secondary N) is 3. The molecule has 39 heavy (non-hydrogen) atoms. The van der Waals surface area contributed by atoms with Crippen LogP contribution in [0.5, 0.6) is 5.75 Å². The number of aryl methyl sites for hydroxylation is 1. The first kappa shape index (κ1) is 26.1. The van der Waals surface area contributed by atoms with E-state index >= 15 is 0 Å². The molecule has 1 fully saturated rings. The van der Waals surface area contributed by atoms with Gasteiger partial charge in [0.15, 0.2) is 5.65 Å². The second kappa shape index (κ2) is 11.5. The number of benzene rings is 2. The standard InChI is InChI=1S/C28H32N8O3/c1-18-6-7-19(30-25(38)5-4-10-35(2)3)15-21(18)26-22-17-29-34-27(22)33-28(32-26)31-20-8-9-24(37)23(16-20)36-11-13-39-14-12-36/h4-9,15-17,37H,10-14H2,1-3H3,(H,30,38)(H2,29,31,32,33,34)/b5-4+. The van der Waals surface area contributed by atoms with E-state index in [-0.39, 0.29) is 11.7 Å². The molecule has 0 saturated carbocycles. The lowest BCUT2D eigenvalue weighted by molar-refractivity contribution is -0.111. The Hall–Kier alpha value is -4.48. The molecule has 0 unspecified atom stereocenters. The zero-order chi connectivity index (χ0) is 27.4. The van der Waals surface area contributed by atoms with Crippen molar-refractivity contribution in [3.63, 3.8) is 0 Å². The Bertz CT molecular complexity index is 1510. The van der Waals surface area contributed by atoms with Gasteiger partial charge in [0, 0.05) is 42.6 Å². The highest BCUT2D eigenvalue weighted by Gasteiger charge is 2.17. The van der Waals surface area contributed by atoms with Gasteiger partial charge >= 0.3 is 0 Å². The lowest BCUT2D eigenvalue weighted by atomic mass is 10.0. The first-order chi connectivity index (χ1) is 18.9. The number of nitrogens with zero attached hydrogens (tertiary/aromatic N) is 5. The van der Waals surface area contributed by atoms with Gasteiger partial charge in [-0.05, 0) is 56.9 Å². The van der Waals surface area contributed by atoms with Crippen LogP contribution in [0, 0.1) is 6.92 Å². The van der Waals surface area contributed by atoms with Gasteiger partial charge < -0.3 is 30.3 Å². The molecule has 202 valence electrons. The van der Waals surface area contributed by atoms with Crippen molar-refractivity contribution in [1.29, 1.82) is 0 Å². The third-order valence-corrected chi connectivity index (χ3v) is 6.39. The van der Waals surface area contributed by atoms with E-state index in [4.69, 9.17) is 9.72 Å². The fraction of sp³-hybridized carbons (Fsp3) is 0.286. The highest BCUT2D eigenvalue weighted by atomic mass is 16.5. The number of ether oxygens (including phenoxy) is 1. The highest BCUT2D eigenvalue weighted by molar-refractivity contribution is 6.00. The van der Waals surface area contributed by atoms with E-state index in [1.807, 2.05) is 56.3 Å². The van der Waals surface area contributed by atoms with Crippen molar-refractivity contribution < 1.29 is 14.6 Å². The molecular formula is C28H32N8O3. The maximum absolute atomic E-state index is 12.4. The number of H-pyrrole nitrogens is 1. The summed E-state index contributed by atoms with van der Waals surface area (Å²) in [7, 11) is 3.89. The summed E-state index contributed by atoms with van der Waals surface area (Å²) in [6, 6.07) is 11.0. The maximum Gasteiger partial charge on any atom is 0.248 e. The number of phenolic OH excluding ortho intramolecular Hbond substituents is 1. The number of rotatable bonds is 8. The smallest absolute Gasteiger partial charge is 0.248 e. The zero-order valence-corrected chi connectivity index (χ0v) is 22.2. The molecule has 11 nitrogen and oxygen atoms in total. The lowest BCUT2D eigenvalue weighted by Crippen LogP contribution is -2.36. The molecule has 2 aromatic carbocycles. The molecule has 4 aromatic rings. The number of likely N-dealkylation sites (N-methyl/N-ethyl adjacent to an activating group) is 1. The van der Waals surface area contributed by atoms with Crippen molar-refractivity contribution in [1.82, 2.24) is 25.1 Å². The van der Waals surface area contributed by atoms with Crippen LogP contribution in [0.2, 0.25) is 0 Å². The summed E-state index contributed by atoms with van der Waals surface area (Å²) in [5, 5.41) is 24.6. The number of morpholine rings is 1. The van der Waals surface area contributed by atoms with Crippen molar-refractivity contribution in [2.45, 2.75) is 6.92 Å². The minimum absolute atomic E-state index is 0.200. The Morgan fingerprint density at radius 3 is 2.74 bits per heavy atom. The van der Waals surface area contributed by atoms with Gasteiger partial charge in [0.25, 0.3) is 0 Å². The number of aromatic amines is 1. The Morgan fingerprint density at radius 2 is 1.95 bits per heavy atom. The number of aromatic nitrogens is 4. The van der Waals surface area contributed by atoms with Gasteiger partial charge in [0.1, 0.15) is 5.75 Å². The average molecular weight is 529 g/mol. The van der Waals surface area contributed by atoms with E-state index in [0.29, 0.717) is 55.8 Å². The van der Waals surface area contributed by atoms with Crippen molar-refractivity contribution in [3.05, 3.63) is 60.3 Å². The first-order valence-electron chi connectivity index (χ1n) is 12.7. The predicted molar refractivity (Wildman–Crippen MR) is 153 cm³/mol. The van der Waals surface area contributed by atoms with Gasteiger partial charge in [-0.15, -0.1) is 0 Å². The number of aromatic hydroxyl groups is 1. The average Bonchev–Trinajstić information content (AvgIpc) is 3.39. The number of hydrogen-bond donors (Lipinski definition) is 4. The molecule has 1 aliphatic heterocycles. The number of amides is 1. The van der Waals surface area contributed by atoms with Crippen LogP contribution in [0.3, 0.4) is 0 Å². The number of carbonyl (C=O) groups excluding carboxylic acids is 1. The minimum Gasteiger partial charge on any atom is -0.506 e. The van der Waals surface area contributed by atoms with Crippen molar-refractivity contribution >= 4 is 40.0 Å². The summed E-state index contributed by atoms with van der Waals surface area (Å²) >= 11 is 0. The predicted octanol–water partition coefficient (Wildman–Crippen LogP) is 3.67. The van der Waals surface area contributed by atoms with Gasteiger partial charge in [-0.2, -0.15) is 10.1 Å². The van der Waals surface area contributed by atoms with Crippen LogP contribution in [0.1, 0.15) is 5.56 Å². The highest BCUT2D eigenvalue weighted by Crippen LogP contribution is 2.34. The van der Waals surface area contributed by atoms with E-state index in [1.54, 1.807) is 18.3 Å². The Kier molecular flexibility index (Phi) is 7.71. The number of fused-ring (bicyclic) bond motifs is 1. The topological polar surface area (TPSA) is 132 Å². The molecule has 0 atom stereocenters. The van der Waals surface area contributed by atoms with E-state index in [9.17, 15) is 9.90 Å². The van der Waals surface area contributed by atoms with Crippen LogP contribution in [0.4, 0.5) is 23.0 Å². The van der Waals surface area contributed by atoms with Gasteiger partial charge in [-0.3, -0.25) is 9.89 Å². The van der Waals surface area contributed by atoms with E-state index < -0.39 is 0 Å². The molecule has 11 heteroatoms. The molecule has 3 heterocycles. The van der Waals surface area contributed by atoms with Crippen LogP contribution in [-0.2, 0) is 9.53 Å². The van der Waals surface area contributed by atoms with E-state index in [2.05, 4.69) is 30.7 Å². The van der Waals surface area contributed by atoms with Crippen LogP contribution in [-0.4, -0.2) is 83.0 Å². The lowest BCUT2D eigenvalue weighted by Gasteiger charge is -2.29. The molecular weight excluding hydrogens is 496 g/mol. The molecule has 0 bridgehead atoms. The Balaban J connectivity index is 1.45. The minimum atomic E-state index is -0.200. The van der Waals surface area contributed by atoms with Crippen LogP contribution < -0.4 is 15.5 Å². The van der Waals surface area contributed by atoms with Crippen LogP contribution in [0.15, 0.2) is 54.7 Å². The van der Waals surface area contributed by atoms with Crippen molar-refractivity contribution in [2.24, 2.45) is 0 Å². The van der Waals surface area contributed by atoms with Crippen LogP contribution >= 0.6 is 0 Å². The summed E-state index contributed by atoms with van der Waals surface area (Å²) in [6.07, 6.45) is 5.04. The summed E-state index contributed by atoms with van der Waals surface area (Å²) in [4.78, 5) is 25.9. The molecule has 0 aliphatic carbocycles. The number of carbonyl (C=O) groups is 1. The Labute approximate surface area is 226 Å². The first-order valence-corrected chi connectivity index (χ1v) is 12.7. The molecule has 1 saturated heterocycles. The molecule has 1 aliphatic rings. The van der Waals surface area contributed by atoms with Gasteiger partial charge in [-0.25, -0.2) is 4.98 Å². The number of anilines is 4. The summed E-state index contributed by atoms with van der Waals surface area (Å²) in [5.41, 5.74) is 5.22. The molecule has 0 radical (unpaired) electrons. The maximum atomic E-state index is 12.4. The quantitative estimate of drug-likeness (QED) is 0.200. The summed E-state index contributed by atoms with van der Waals surface area (Å²) < 4.78 is 5.44. The molecule has 1 amide bonds. The second-order valence-corrected chi connectivity index (χ2v) is 9.64. The van der Waals surface area contributed by atoms with Crippen LogP contribution in [0.25, 0.3) is 22.3 Å². The Morgan fingerprint density at radius 1 is 1.15 bits per heavy atom. The molecule has 0 spiro atoms. The SMILES string of the molecule is Cc1ccc(NC(=O)/C=C/CN(C)C)cc1-c1nc(Nc2ccc(O)c(N3CCOCC3)c2)nc2[nH]ncc12. The zero-order valence-electron chi connectivity index (χ0n) is 22.2. The molecule has 2 aromatic heterocycles. The van der Waals surface area contributed by atoms with E-state index in [0.717, 1.165) is 27.9 Å². The van der Waals surface area contributed by atoms with Gasteiger partial charge in [0.2, 0.25) is 11.9 Å². The number of phenols is 1. The summed E-state index contributed by atoms with van der Waals surface area (Å²) in [5.74, 6) is 0.383. The third-order valence-electron chi connectivity index (χ3n) is 6.39. The third kappa shape index (κ3) is 6.16. The van der Waals surface area contributed by atoms with Gasteiger partial charge in [-0.1, -0.05) is 12.1 Å². The largest absolute Gasteiger partial charge is 0.506 e. The van der Waals surface area contributed by atoms with Crippen molar-refractivity contribution in [2.75, 3.05) is 62.5 Å². The normalized spacial score (nSPS) is 13.9. The van der Waals surface area contributed by atoms with Gasteiger partial charge in [0.05, 0.1) is 36.2 Å². The van der Waals surface area contributed by atoms with E-state index in [1.165, 1.54) is 6.08 Å². The molecule has 4 N–H and O–H groups in total. The second-order valence-electron chi connectivity index (χ2n) is 9.64. The fourth-order valence-corrected chi connectivity index (χ4v) is 4.39. The summed E-state index contributed by atoms with van der Waals surface area (Å²) in [6.45, 7) is 5.31. The monoisotopic (exact) mass is 528 g/mol.